The molecule has 2 nitrogen and oxygen atoms in total. The van der Waals surface area contributed by atoms with E-state index in [1.807, 2.05) is 12.1 Å². The van der Waals surface area contributed by atoms with Crippen LogP contribution in [0.4, 0.5) is 0 Å². The van der Waals surface area contributed by atoms with Crippen LogP contribution in [0.5, 0.6) is 5.75 Å². The van der Waals surface area contributed by atoms with Gasteiger partial charge in [0, 0.05) is 6.04 Å². The lowest BCUT2D eigenvalue weighted by Crippen LogP contribution is -2.25. The van der Waals surface area contributed by atoms with Crippen molar-refractivity contribution in [2.75, 3.05) is 6.54 Å². The van der Waals surface area contributed by atoms with Gasteiger partial charge in [-0.25, -0.2) is 0 Å². The van der Waals surface area contributed by atoms with Crippen LogP contribution in [0.1, 0.15) is 36.4 Å². The van der Waals surface area contributed by atoms with Crippen molar-refractivity contribution in [2.45, 2.75) is 31.7 Å². The van der Waals surface area contributed by atoms with Gasteiger partial charge < -0.3 is 10.4 Å². The van der Waals surface area contributed by atoms with Crippen LogP contribution in [0.25, 0.3) is 0 Å². The smallest absolute Gasteiger partial charge is 0.115 e. The van der Waals surface area contributed by atoms with Gasteiger partial charge in [0.2, 0.25) is 0 Å². The second-order valence-corrected chi connectivity index (χ2v) is 4.36. The Morgan fingerprint density at radius 1 is 1.50 bits per heavy atom. The Morgan fingerprint density at radius 3 is 3.19 bits per heavy atom. The van der Waals surface area contributed by atoms with Gasteiger partial charge in [-0.15, -0.1) is 6.58 Å². The van der Waals surface area contributed by atoms with E-state index in [9.17, 15) is 5.11 Å². The van der Waals surface area contributed by atoms with E-state index in [4.69, 9.17) is 0 Å². The van der Waals surface area contributed by atoms with Gasteiger partial charge in [-0.1, -0.05) is 12.1 Å². The average molecular weight is 217 g/mol. The summed E-state index contributed by atoms with van der Waals surface area (Å²) in [5.74, 6) is 0.380. The largest absolute Gasteiger partial charge is 0.508 e. The monoisotopic (exact) mass is 217 g/mol. The average Bonchev–Trinajstić information content (AvgIpc) is 2.29. The van der Waals surface area contributed by atoms with Crippen molar-refractivity contribution in [2.24, 2.45) is 0 Å². The molecule has 1 aliphatic rings. The predicted octanol–water partition coefficient (Wildman–Crippen LogP) is 2.94. The highest BCUT2D eigenvalue weighted by Crippen LogP contribution is 2.31. The Hall–Kier alpha value is -1.28. The summed E-state index contributed by atoms with van der Waals surface area (Å²) in [5.41, 5.74) is 2.65. The van der Waals surface area contributed by atoms with Gasteiger partial charge in [-0.2, -0.15) is 0 Å². The van der Waals surface area contributed by atoms with E-state index < -0.39 is 0 Å². The summed E-state index contributed by atoms with van der Waals surface area (Å²) in [7, 11) is 0. The van der Waals surface area contributed by atoms with Crippen LogP contribution in [-0.2, 0) is 6.42 Å². The minimum absolute atomic E-state index is 0.380. The first-order valence-corrected chi connectivity index (χ1v) is 5.97. The molecule has 0 spiro atoms. The number of fused-ring (bicyclic) bond motifs is 1. The third-order valence-electron chi connectivity index (χ3n) is 3.18. The zero-order chi connectivity index (χ0) is 11.4. The Morgan fingerprint density at radius 2 is 2.38 bits per heavy atom. The summed E-state index contributed by atoms with van der Waals surface area (Å²) in [6, 6.07) is 6.18. The molecular weight excluding hydrogens is 198 g/mol. The van der Waals surface area contributed by atoms with Crippen LogP contribution in [0.2, 0.25) is 0 Å². The van der Waals surface area contributed by atoms with E-state index in [1.54, 1.807) is 6.07 Å². The van der Waals surface area contributed by atoms with Gasteiger partial charge in [-0.05, 0) is 55.5 Å². The number of nitrogens with one attached hydrogen (secondary N) is 1. The molecule has 1 unspecified atom stereocenters. The zero-order valence-corrected chi connectivity index (χ0v) is 9.58. The van der Waals surface area contributed by atoms with Gasteiger partial charge in [-0.3, -0.25) is 0 Å². The summed E-state index contributed by atoms with van der Waals surface area (Å²) in [5, 5.41) is 13.0. The number of hydrogen-bond donors (Lipinski definition) is 2. The lowest BCUT2D eigenvalue weighted by atomic mass is 9.87. The van der Waals surface area contributed by atoms with Crippen LogP contribution in [-0.4, -0.2) is 11.7 Å². The van der Waals surface area contributed by atoms with Crippen molar-refractivity contribution in [3.05, 3.63) is 42.0 Å². The molecule has 86 valence electrons. The second kappa shape index (κ2) is 5.17. The molecule has 0 saturated carbocycles. The molecule has 0 heterocycles. The van der Waals surface area contributed by atoms with E-state index in [0.717, 1.165) is 19.4 Å². The third kappa shape index (κ3) is 2.45. The molecule has 0 aromatic heterocycles. The number of aryl methyl sites for hydroxylation is 1. The molecule has 1 atom stereocenters. The molecule has 2 N–H and O–H groups in total. The van der Waals surface area contributed by atoms with E-state index in [1.165, 1.54) is 24.0 Å². The maximum absolute atomic E-state index is 9.45. The van der Waals surface area contributed by atoms with Crippen LogP contribution in [0, 0.1) is 0 Å². The highest BCUT2D eigenvalue weighted by molar-refractivity contribution is 5.38. The van der Waals surface area contributed by atoms with Crippen LogP contribution >= 0.6 is 0 Å². The fraction of sp³-hybridized carbons (Fsp3) is 0.429. The van der Waals surface area contributed by atoms with Crippen molar-refractivity contribution in [1.29, 1.82) is 0 Å². The first kappa shape index (κ1) is 11.2. The Kier molecular flexibility index (Phi) is 3.62. The zero-order valence-electron chi connectivity index (χ0n) is 9.58. The van der Waals surface area contributed by atoms with Crippen LogP contribution < -0.4 is 5.32 Å². The van der Waals surface area contributed by atoms with Crippen LogP contribution in [0.3, 0.4) is 0 Å². The molecule has 0 aliphatic heterocycles. The quantitative estimate of drug-likeness (QED) is 0.600. The first-order valence-electron chi connectivity index (χ1n) is 5.97. The summed E-state index contributed by atoms with van der Waals surface area (Å²) in [4.78, 5) is 0. The minimum Gasteiger partial charge on any atom is -0.508 e. The molecule has 0 radical (unpaired) electrons. The molecule has 2 rings (SSSR count). The fourth-order valence-corrected chi connectivity index (χ4v) is 2.37. The molecule has 0 fully saturated rings. The van der Waals surface area contributed by atoms with Gasteiger partial charge in [0.05, 0.1) is 0 Å². The molecule has 2 heteroatoms. The number of benzene rings is 1. The first-order chi connectivity index (χ1) is 7.81. The normalized spacial score (nSPS) is 19.1. The van der Waals surface area contributed by atoms with Crippen molar-refractivity contribution in [3.63, 3.8) is 0 Å². The lowest BCUT2D eigenvalue weighted by molar-refractivity contribution is 0.453. The summed E-state index contributed by atoms with van der Waals surface area (Å²) < 4.78 is 0. The van der Waals surface area contributed by atoms with Crippen molar-refractivity contribution < 1.29 is 5.11 Å². The van der Waals surface area contributed by atoms with Crippen molar-refractivity contribution in [3.8, 4) is 5.75 Å². The van der Waals surface area contributed by atoms with Gasteiger partial charge in [0.25, 0.3) is 0 Å². The number of phenols is 1. The highest BCUT2D eigenvalue weighted by atomic mass is 16.3. The predicted molar refractivity (Wildman–Crippen MR) is 66.6 cm³/mol. The lowest BCUT2D eigenvalue weighted by Gasteiger charge is -2.26. The number of phenolic OH excluding ortho intramolecular Hbond substituents is 1. The molecule has 1 aromatic carbocycles. The van der Waals surface area contributed by atoms with E-state index in [0.29, 0.717) is 11.8 Å². The van der Waals surface area contributed by atoms with Crippen molar-refractivity contribution in [1.82, 2.24) is 5.32 Å². The number of aromatic hydroxyl groups is 1. The Bertz CT molecular complexity index is 373. The fourth-order valence-electron chi connectivity index (χ4n) is 2.37. The second-order valence-electron chi connectivity index (χ2n) is 4.36. The SMILES string of the molecule is C=CCCNC1CCCc2cc(O)ccc21. The van der Waals surface area contributed by atoms with Crippen molar-refractivity contribution >= 4 is 0 Å². The van der Waals surface area contributed by atoms with E-state index in [-0.39, 0.29) is 0 Å². The van der Waals surface area contributed by atoms with E-state index >= 15 is 0 Å². The molecule has 1 aromatic rings. The minimum atomic E-state index is 0.380. The maximum Gasteiger partial charge on any atom is 0.115 e. The molecule has 0 bridgehead atoms. The number of rotatable bonds is 4. The molecule has 0 amide bonds. The van der Waals surface area contributed by atoms with Gasteiger partial charge in [0.15, 0.2) is 0 Å². The molecule has 1 aliphatic carbocycles. The summed E-state index contributed by atoms with van der Waals surface area (Å²) >= 11 is 0. The van der Waals surface area contributed by atoms with Gasteiger partial charge in [0.1, 0.15) is 5.75 Å². The maximum atomic E-state index is 9.45. The summed E-state index contributed by atoms with van der Waals surface area (Å²) in [6.45, 7) is 4.71. The Labute approximate surface area is 97.0 Å². The van der Waals surface area contributed by atoms with Gasteiger partial charge >= 0.3 is 0 Å². The molecular formula is C14H19NO. The highest BCUT2D eigenvalue weighted by Gasteiger charge is 2.19. The topological polar surface area (TPSA) is 32.3 Å². The van der Waals surface area contributed by atoms with Crippen LogP contribution in [0.15, 0.2) is 30.9 Å². The number of hydrogen-bond acceptors (Lipinski definition) is 2. The van der Waals surface area contributed by atoms with E-state index in [2.05, 4.69) is 18.0 Å². The standard InChI is InChI=1S/C14H19NO/c1-2-3-9-15-14-6-4-5-11-10-12(16)7-8-13(11)14/h2,7-8,10,14-16H,1,3-6,9H2. The summed E-state index contributed by atoms with van der Waals surface area (Å²) in [6.07, 6.45) is 6.41. The molecule has 16 heavy (non-hydrogen) atoms. The molecule has 0 saturated heterocycles. The Balaban J connectivity index is 2.10. The third-order valence-corrected chi connectivity index (χ3v) is 3.18.